The Hall–Kier alpha value is -1.11. The summed E-state index contributed by atoms with van der Waals surface area (Å²) in [5.74, 6) is 2.81. The van der Waals surface area contributed by atoms with Crippen LogP contribution >= 0.6 is 0 Å². The molecule has 3 saturated carbocycles. The first-order valence-electron chi connectivity index (χ1n) is 13.8. The molecule has 0 N–H and O–H groups in total. The van der Waals surface area contributed by atoms with Gasteiger partial charge in [0.2, 0.25) is 0 Å². The van der Waals surface area contributed by atoms with Gasteiger partial charge >= 0.3 is 18.9 Å². The maximum atomic E-state index is 14.3. The average molecular weight is 484 g/mol. The van der Waals surface area contributed by atoms with E-state index in [4.69, 9.17) is 4.52 Å². The van der Waals surface area contributed by atoms with Gasteiger partial charge in [-0.2, -0.15) is 6.42 Å². The number of nitrogens with zero attached hydrogens (tertiary/aromatic N) is 1. The summed E-state index contributed by atoms with van der Waals surface area (Å²) in [7, 11) is 0. The zero-order valence-electron chi connectivity index (χ0n) is 23.7. The van der Waals surface area contributed by atoms with Crippen molar-refractivity contribution in [2.45, 2.75) is 105 Å². The molecule has 0 amide bonds. The maximum absolute atomic E-state index is 14.3. The van der Waals surface area contributed by atoms with E-state index < -0.39 is 5.41 Å². The monoisotopic (exact) mass is 483 g/mol. The van der Waals surface area contributed by atoms with Crippen molar-refractivity contribution in [3.63, 3.8) is 0 Å². The van der Waals surface area contributed by atoms with Crippen LogP contribution in [-0.4, -0.2) is 17.2 Å². The van der Waals surface area contributed by atoms with E-state index >= 15 is 0 Å². The summed E-state index contributed by atoms with van der Waals surface area (Å²) < 4.78 is 5.78. The Morgan fingerprint density at radius 1 is 1.03 bits per heavy atom. The van der Waals surface area contributed by atoms with Crippen molar-refractivity contribution < 1.29 is 33.0 Å². The molecule has 190 valence electrons. The predicted molar refractivity (Wildman–Crippen MR) is 135 cm³/mol. The van der Waals surface area contributed by atoms with Gasteiger partial charge < -0.3 is 9.32 Å². The van der Waals surface area contributed by atoms with E-state index in [0.717, 1.165) is 57.1 Å². The average Bonchev–Trinajstić information content (AvgIpc) is 3.24. The predicted octanol–water partition coefficient (Wildman–Crippen LogP) is 3.83. The number of hydrogen-bond acceptors (Lipinski definition) is 4. The quantitative estimate of drug-likeness (QED) is 0.346. The van der Waals surface area contributed by atoms with Gasteiger partial charge in [-0.15, -0.1) is 0 Å². The first kappa shape index (κ1) is 26.5. The second-order valence-electron chi connectivity index (χ2n) is 14.9. The molecule has 1 aromatic heterocycles. The number of aldehydes is 1. The minimum Gasteiger partial charge on any atom is -0.361 e. The van der Waals surface area contributed by atoms with Crippen molar-refractivity contribution >= 4 is 12.1 Å². The number of rotatable bonds is 1. The molecule has 1 aromatic rings. The van der Waals surface area contributed by atoms with Crippen LogP contribution in [-0.2, 0) is 21.4 Å². The normalized spacial score (nSPS) is 44.5. The van der Waals surface area contributed by atoms with Crippen LogP contribution in [0.25, 0.3) is 0 Å². The minimum absolute atomic E-state index is 0. The molecule has 6 atom stereocenters. The molecule has 1 heterocycles. The van der Waals surface area contributed by atoms with Gasteiger partial charge in [0.1, 0.15) is 11.5 Å². The van der Waals surface area contributed by atoms with Crippen LogP contribution in [0.15, 0.2) is 22.4 Å². The van der Waals surface area contributed by atoms with Crippen molar-refractivity contribution in [3.05, 3.63) is 35.1 Å². The molecule has 36 heavy (non-hydrogen) atoms. The molecule has 0 bridgehead atoms. The van der Waals surface area contributed by atoms with Gasteiger partial charge in [0, 0.05) is 11.0 Å². The van der Waals surface area contributed by atoms with Gasteiger partial charge in [-0.1, -0.05) is 102 Å². The van der Waals surface area contributed by atoms with Crippen LogP contribution < -0.4 is 18.9 Å². The van der Waals surface area contributed by atoms with Crippen molar-refractivity contribution in [1.29, 1.82) is 0 Å². The third-order valence-corrected chi connectivity index (χ3v) is 12.3. The number of fused-ring (bicyclic) bond motifs is 8. The molecule has 0 aliphatic heterocycles. The number of ketones is 1. The fourth-order valence-corrected chi connectivity index (χ4v) is 10.2. The number of aromatic nitrogens is 1. The van der Waals surface area contributed by atoms with E-state index in [9.17, 15) is 9.59 Å². The summed E-state index contributed by atoms with van der Waals surface area (Å²) in [5.41, 5.74) is 1.86. The summed E-state index contributed by atoms with van der Waals surface area (Å²) in [6, 6.07) is 0. The van der Waals surface area contributed by atoms with E-state index in [2.05, 4.69) is 59.7 Å². The molecule has 3 fully saturated rings. The molecule has 5 aliphatic rings. The second kappa shape index (κ2) is 7.72. The molecule has 4 nitrogen and oxygen atoms in total. The maximum Gasteiger partial charge on any atom is 1.00 e. The van der Waals surface area contributed by atoms with Crippen LogP contribution in [0.2, 0.25) is 0 Å². The van der Waals surface area contributed by atoms with Crippen molar-refractivity contribution in [2.75, 3.05) is 0 Å². The van der Waals surface area contributed by atoms with Crippen LogP contribution in [0.5, 0.6) is 0 Å². The largest absolute Gasteiger partial charge is 1.00 e. The molecule has 5 heteroatoms. The van der Waals surface area contributed by atoms with Crippen molar-refractivity contribution in [1.82, 2.24) is 5.16 Å². The fourth-order valence-electron chi connectivity index (χ4n) is 10.2. The Bertz CT molecular complexity index is 1150. The van der Waals surface area contributed by atoms with Gasteiger partial charge in [-0.05, 0) is 47.5 Å². The Balaban J connectivity index is 0.00000267. The van der Waals surface area contributed by atoms with Gasteiger partial charge in [-0.25, -0.2) is 0 Å². The first-order chi connectivity index (χ1) is 16.2. The molecule has 0 saturated heterocycles. The molecular formula is C31H42LiNO3. The van der Waals surface area contributed by atoms with E-state index in [1.54, 1.807) is 0 Å². The number of hydrogen-bond donors (Lipinski definition) is 0. The van der Waals surface area contributed by atoms with E-state index in [-0.39, 0.29) is 57.6 Å². The Morgan fingerprint density at radius 2 is 1.72 bits per heavy atom. The zero-order valence-corrected chi connectivity index (χ0v) is 23.7. The fraction of sp³-hybridized carbons (Fsp3) is 0.742. The van der Waals surface area contributed by atoms with Crippen LogP contribution in [0.1, 0.15) is 105 Å². The number of carbonyl (C=O) groups is 2. The SMILES string of the molecule is CC1(C)CC[C@]2(C=O)CC[C@]3(C)[C@H](C(=O)C=C4[C@@]5(C)Cc6cnoc6C(C)(C)C5CC[C@]43C)[C-]2C1.[Li+]. The summed E-state index contributed by atoms with van der Waals surface area (Å²) >= 11 is 0. The molecule has 0 spiro atoms. The zero-order chi connectivity index (χ0) is 25.2. The van der Waals surface area contributed by atoms with Gasteiger partial charge in [-0.3, -0.25) is 10.7 Å². The topological polar surface area (TPSA) is 60.2 Å². The molecule has 1 unspecified atom stereocenters. The Labute approximate surface area is 229 Å². The van der Waals surface area contributed by atoms with Crippen LogP contribution in [0.3, 0.4) is 0 Å². The summed E-state index contributed by atoms with van der Waals surface area (Å²) in [4.78, 5) is 26.9. The Kier molecular flexibility index (Phi) is 5.68. The third kappa shape index (κ3) is 3.04. The van der Waals surface area contributed by atoms with E-state index in [1.165, 1.54) is 23.3 Å². The second-order valence-corrected chi connectivity index (χ2v) is 14.9. The number of carbonyl (C=O) groups excluding carboxylic acids is 2. The van der Waals surface area contributed by atoms with E-state index in [0.29, 0.717) is 5.92 Å². The van der Waals surface area contributed by atoms with E-state index in [1.807, 2.05) is 6.20 Å². The molecule has 0 radical (unpaired) electrons. The van der Waals surface area contributed by atoms with Crippen molar-refractivity contribution in [2.24, 2.45) is 38.9 Å². The molecule has 0 aromatic carbocycles. The standard InChI is InChI=1S/C31H42NO3.Li/c1-26(2)10-12-31(18-33)13-11-30(7)24(20(31)16-26)21(34)14-23-28(5)15-19-17-32-35-25(19)27(3,4)22(28)8-9-29(23,30)6;/h14,17-18,22,24H,8-13,15-16H2,1-7H3;/q-1;+1/t22?,24-,28-,29+,30+,31+;/m0./s1. The molecule has 5 aliphatic carbocycles. The van der Waals surface area contributed by atoms with Crippen molar-refractivity contribution in [3.8, 4) is 0 Å². The van der Waals surface area contributed by atoms with Gasteiger partial charge in [0.05, 0.1) is 12.5 Å². The summed E-state index contributed by atoms with van der Waals surface area (Å²) in [6.07, 6.45) is 13.0. The molecule has 6 rings (SSSR count). The number of allylic oxidation sites excluding steroid dienone is 2. The smallest absolute Gasteiger partial charge is 0.361 e. The van der Waals surface area contributed by atoms with Crippen LogP contribution in [0, 0.1) is 44.8 Å². The van der Waals surface area contributed by atoms with Crippen LogP contribution in [0.4, 0.5) is 0 Å². The minimum atomic E-state index is -0.400. The summed E-state index contributed by atoms with van der Waals surface area (Å²) in [6.45, 7) is 16.5. The Morgan fingerprint density at radius 3 is 2.42 bits per heavy atom. The first-order valence-corrected chi connectivity index (χ1v) is 13.8. The van der Waals surface area contributed by atoms with Gasteiger partial charge in [0.15, 0.2) is 0 Å². The summed E-state index contributed by atoms with van der Waals surface area (Å²) in [5, 5.41) is 4.18. The molecular weight excluding hydrogens is 441 g/mol. The third-order valence-electron chi connectivity index (χ3n) is 12.3. The van der Waals surface area contributed by atoms with Gasteiger partial charge in [0.25, 0.3) is 0 Å².